The third-order valence-corrected chi connectivity index (χ3v) is 11.6. The summed E-state index contributed by atoms with van der Waals surface area (Å²) in [4.78, 5) is 25.4. The van der Waals surface area contributed by atoms with Crippen molar-refractivity contribution >= 4 is 46.0 Å². The quantitative estimate of drug-likeness (QED) is 0.0446. The van der Waals surface area contributed by atoms with Gasteiger partial charge >= 0.3 is 12.1 Å². The van der Waals surface area contributed by atoms with Crippen LogP contribution in [0.4, 0.5) is 9.59 Å². The number of phenols is 6. The monoisotopic (exact) mass is 796 g/mol. The molecule has 14 nitrogen and oxygen atoms in total. The molecule has 0 bridgehead atoms. The summed E-state index contributed by atoms with van der Waals surface area (Å²) in [5.74, 6) is -3.20. The van der Waals surface area contributed by atoms with E-state index in [2.05, 4.69) is 31.7 Å². The van der Waals surface area contributed by atoms with E-state index in [1.54, 1.807) is 26.0 Å². The summed E-state index contributed by atoms with van der Waals surface area (Å²) in [5.41, 5.74) is 6.87. The second-order valence-electron chi connectivity index (χ2n) is 16.4. The van der Waals surface area contributed by atoms with Gasteiger partial charge in [-0.2, -0.15) is 10.2 Å². The maximum absolute atomic E-state index is 12.7. The fraction of sp³-hybridized carbons (Fsp3) is 0.455. The summed E-state index contributed by atoms with van der Waals surface area (Å²) in [6, 6.07) is 2.48. The van der Waals surface area contributed by atoms with E-state index in [1.807, 2.05) is 27.7 Å². The van der Waals surface area contributed by atoms with Gasteiger partial charge < -0.3 is 41.3 Å². The van der Waals surface area contributed by atoms with Gasteiger partial charge in [0, 0.05) is 45.1 Å². The third kappa shape index (κ3) is 8.09. The van der Waals surface area contributed by atoms with Crippen LogP contribution in [-0.4, -0.2) is 67.2 Å². The van der Waals surface area contributed by atoms with E-state index in [0.29, 0.717) is 33.0 Å². The first-order chi connectivity index (χ1) is 27.6. The summed E-state index contributed by atoms with van der Waals surface area (Å²) in [6.07, 6.45) is 12.1. The molecule has 4 amide bonds. The predicted octanol–water partition coefficient (Wildman–Crippen LogP) is 8.69. The number of hydrogen-bond acceptors (Lipinski definition) is 10. The fourth-order valence-corrected chi connectivity index (χ4v) is 8.86. The van der Waals surface area contributed by atoms with Crippen molar-refractivity contribution in [2.24, 2.45) is 10.2 Å². The Kier molecular flexibility index (Phi) is 12.4. The number of amides is 4. The van der Waals surface area contributed by atoms with Gasteiger partial charge in [-0.25, -0.2) is 20.4 Å². The molecule has 0 unspecified atom stereocenters. The van der Waals surface area contributed by atoms with Crippen LogP contribution >= 0.6 is 0 Å². The van der Waals surface area contributed by atoms with E-state index in [-0.39, 0.29) is 68.4 Å². The summed E-state index contributed by atoms with van der Waals surface area (Å²) in [7, 11) is 0. The van der Waals surface area contributed by atoms with E-state index >= 15 is 0 Å². The molecular weight excluding hydrogens is 741 g/mol. The maximum atomic E-state index is 12.7. The van der Waals surface area contributed by atoms with E-state index in [9.17, 15) is 40.2 Å². The molecule has 4 aromatic rings. The number of fused-ring (bicyclic) bond motifs is 2. The van der Waals surface area contributed by atoms with Crippen LogP contribution < -0.4 is 21.5 Å². The minimum atomic E-state index is -0.556. The average molecular weight is 797 g/mol. The second kappa shape index (κ2) is 17.3. The molecule has 14 heteroatoms. The van der Waals surface area contributed by atoms with Crippen LogP contribution in [-0.2, 0) is 0 Å². The minimum absolute atomic E-state index is 0.0243. The van der Waals surface area contributed by atoms with Gasteiger partial charge in [-0.05, 0) is 73.3 Å². The van der Waals surface area contributed by atoms with Crippen molar-refractivity contribution in [3.63, 3.8) is 0 Å². The normalized spacial score (nSPS) is 15.7. The summed E-state index contributed by atoms with van der Waals surface area (Å²) < 4.78 is 0. The zero-order valence-electron chi connectivity index (χ0n) is 34.1. The van der Waals surface area contributed by atoms with Crippen molar-refractivity contribution in [2.75, 3.05) is 0 Å². The lowest BCUT2D eigenvalue weighted by molar-refractivity contribution is 0.232. The number of hydrogen-bond donors (Lipinski definition) is 10. The Labute approximate surface area is 338 Å². The molecule has 2 saturated carbocycles. The van der Waals surface area contributed by atoms with Crippen LogP contribution in [0.2, 0.25) is 0 Å². The first kappa shape index (κ1) is 41.7. The van der Waals surface area contributed by atoms with Gasteiger partial charge in [0.15, 0.2) is 23.0 Å². The lowest BCUT2D eigenvalue weighted by Crippen LogP contribution is -2.41. The fourth-order valence-electron chi connectivity index (χ4n) is 8.86. The molecule has 0 radical (unpaired) electrons. The smallest absolute Gasteiger partial charge is 0.335 e. The second-order valence-corrected chi connectivity index (χ2v) is 16.4. The molecule has 310 valence electrons. The highest BCUT2D eigenvalue weighted by molar-refractivity contribution is 6.15. The van der Waals surface area contributed by atoms with Crippen molar-refractivity contribution < 1.29 is 40.2 Å². The Morgan fingerprint density at radius 3 is 1.24 bits per heavy atom. The number of aromatic hydroxyl groups is 6. The predicted molar refractivity (Wildman–Crippen MR) is 227 cm³/mol. The molecular formula is C44H56N6O8. The number of aryl methyl sites for hydroxylation is 2. The standard InChI is InChI=1S/C44H56N6O8/c1-21(2)31-27-17-23(5)33(39(53)35(27)29(37(51)41(31)55)19-45-49-43(57)47-25-13-9-7-10-14-25)34-24(6)18-28-32(22(3)4)42(56)38(52)30(36(28)40(34)54)20-46-50-44(58)48-26-15-11-8-12-16-26/h17-22,25-26,51-56H,7-16H2,1-6H3,(H2,47,49,57)(H2,48,50,58)/b45-19-,46-20-. The van der Waals surface area contributed by atoms with Gasteiger partial charge in [0.05, 0.1) is 23.6 Å². The van der Waals surface area contributed by atoms with Crippen molar-refractivity contribution in [1.29, 1.82) is 0 Å². The molecule has 2 aliphatic carbocycles. The molecule has 4 aromatic carbocycles. The number of rotatable bonds is 9. The third-order valence-electron chi connectivity index (χ3n) is 11.6. The molecule has 0 atom stereocenters. The van der Waals surface area contributed by atoms with Crippen LogP contribution in [0.1, 0.15) is 137 Å². The molecule has 0 aromatic heterocycles. The van der Waals surface area contributed by atoms with Crippen LogP contribution in [0, 0.1) is 13.8 Å². The molecule has 0 heterocycles. The van der Waals surface area contributed by atoms with E-state index in [1.165, 1.54) is 0 Å². The highest BCUT2D eigenvalue weighted by atomic mass is 16.3. The Morgan fingerprint density at radius 1 is 0.569 bits per heavy atom. The lowest BCUT2D eigenvalue weighted by Gasteiger charge is -2.23. The number of urea groups is 2. The van der Waals surface area contributed by atoms with E-state index < -0.39 is 35.1 Å². The van der Waals surface area contributed by atoms with Crippen LogP contribution in [0.3, 0.4) is 0 Å². The highest BCUT2D eigenvalue weighted by Gasteiger charge is 2.30. The Balaban J connectivity index is 1.51. The van der Waals surface area contributed by atoms with Crippen LogP contribution in [0.15, 0.2) is 22.3 Å². The molecule has 0 aliphatic heterocycles. The number of hydrazone groups is 2. The summed E-state index contributed by atoms with van der Waals surface area (Å²) >= 11 is 0. The zero-order valence-corrected chi connectivity index (χ0v) is 34.1. The molecule has 0 saturated heterocycles. The SMILES string of the molecule is Cc1cc2c(C(C)C)c(O)c(O)c(/C=N\NC(=O)NC3CCCCC3)c2c(O)c1-c1c(C)cc2c(C(C)C)c(O)c(O)c(/C=N\NC(=O)NC3CCCCC3)c2c1O. The minimum Gasteiger partial charge on any atom is -0.507 e. The first-order valence-electron chi connectivity index (χ1n) is 20.3. The van der Waals surface area contributed by atoms with Crippen molar-refractivity contribution in [1.82, 2.24) is 21.5 Å². The van der Waals surface area contributed by atoms with Crippen LogP contribution in [0.5, 0.6) is 34.5 Å². The number of nitrogens with zero attached hydrogens (tertiary/aromatic N) is 2. The number of phenolic OH excluding ortho intramolecular Hbond substituents is 6. The Bertz CT molecular complexity index is 2150. The number of carbonyl (C=O) groups excluding carboxylic acids is 2. The molecule has 6 rings (SSSR count). The summed E-state index contributed by atoms with van der Waals surface area (Å²) in [6.45, 7) is 10.8. The molecule has 58 heavy (non-hydrogen) atoms. The Morgan fingerprint density at radius 2 is 0.914 bits per heavy atom. The highest BCUT2D eigenvalue weighted by Crippen LogP contribution is 2.54. The van der Waals surface area contributed by atoms with E-state index in [0.717, 1.165) is 76.6 Å². The number of benzene rings is 4. The zero-order chi connectivity index (χ0) is 42.0. The first-order valence-corrected chi connectivity index (χ1v) is 20.3. The van der Waals surface area contributed by atoms with Crippen molar-refractivity contribution in [2.45, 2.75) is 130 Å². The number of carbonyl (C=O) groups is 2. The molecule has 0 spiro atoms. The topological polar surface area (TPSA) is 228 Å². The van der Waals surface area contributed by atoms with Gasteiger partial charge in [0.2, 0.25) is 0 Å². The van der Waals surface area contributed by atoms with E-state index in [4.69, 9.17) is 0 Å². The molecule has 2 aliphatic rings. The maximum Gasteiger partial charge on any atom is 0.335 e. The van der Waals surface area contributed by atoms with Crippen LogP contribution in [0.25, 0.3) is 32.7 Å². The van der Waals surface area contributed by atoms with Crippen molar-refractivity contribution in [3.8, 4) is 45.6 Å². The largest absolute Gasteiger partial charge is 0.507 e. The van der Waals surface area contributed by atoms with Gasteiger partial charge in [-0.1, -0.05) is 78.4 Å². The van der Waals surface area contributed by atoms with Gasteiger partial charge in [-0.15, -0.1) is 0 Å². The Hall–Kier alpha value is -5.92. The van der Waals surface area contributed by atoms with Crippen molar-refractivity contribution in [3.05, 3.63) is 45.5 Å². The van der Waals surface area contributed by atoms with Gasteiger partial charge in [0.1, 0.15) is 11.5 Å². The molecule has 2 fully saturated rings. The lowest BCUT2D eigenvalue weighted by atomic mass is 9.83. The van der Waals surface area contributed by atoms with Gasteiger partial charge in [0.25, 0.3) is 0 Å². The van der Waals surface area contributed by atoms with Gasteiger partial charge in [-0.3, -0.25) is 0 Å². The number of nitrogens with one attached hydrogen (secondary N) is 4. The average Bonchev–Trinajstić information content (AvgIpc) is 3.16. The summed E-state index contributed by atoms with van der Waals surface area (Å²) in [5, 5.41) is 85.1. The molecule has 10 N–H and O–H groups in total.